The third-order valence-electron chi connectivity index (χ3n) is 2.71. The zero-order valence-corrected chi connectivity index (χ0v) is 11.9. The predicted molar refractivity (Wildman–Crippen MR) is 81.2 cm³/mol. The van der Waals surface area contributed by atoms with Crippen molar-refractivity contribution in [3.8, 4) is 11.5 Å². The summed E-state index contributed by atoms with van der Waals surface area (Å²) in [5.41, 5.74) is 0.890. The number of rotatable bonds is 5. The summed E-state index contributed by atoms with van der Waals surface area (Å²) in [5.74, 6) is 1.17. The summed E-state index contributed by atoms with van der Waals surface area (Å²) >= 11 is 0. The van der Waals surface area contributed by atoms with E-state index in [4.69, 9.17) is 19.7 Å². The highest BCUT2D eigenvalue weighted by Gasteiger charge is 2.17. The molecule has 0 amide bonds. The summed E-state index contributed by atoms with van der Waals surface area (Å²) in [4.78, 5) is 4.80. The fourth-order valence-electron chi connectivity index (χ4n) is 1.77. The highest BCUT2D eigenvalue weighted by atomic mass is 16.6. The first-order chi connectivity index (χ1) is 10.3. The molecule has 0 bridgehead atoms. The molecule has 0 unspecified atom stereocenters. The van der Waals surface area contributed by atoms with Crippen molar-refractivity contribution in [1.29, 1.82) is 5.41 Å². The zero-order valence-electron chi connectivity index (χ0n) is 11.9. The van der Waals surface area contributed by atoms with Crippen LogP contribution in [0, 0.1) is 5.41 Å². The van der Waals surface area contributed by atoms with Crippen LogP contribution in [0.3, 0.4) is 0 Å². The Labute approximate surface area is 123 Å². The number of hydrogen-bond donors (Lipinski definition) is 1. The van der Waals surface area contributed by atoms with Gasteiger partial charge in [0.05, 0.1) is 12.7 Å². The minimum absolute atomic E-state index is 0.0963. The second-order valence-electron chi connectivity index (χ2n) is 4.07. The minimum atomic E-state index is -0.0963. The molecule has 0 fully saturated rings. The first-order valence-corrected chi connectivity index (χ1v) is 6.32. The van der Waals surface area contributed by atoms with E-state index in [0.717, 1.165) is 0 Å². The number of methoxy groups -OCH3 is 1. The van der Waals surface area contributed by atoms with E-state index in [1.807, 2.05) is 42.5 Å². The molecule has 0 aliphatic carbocycles. The molecule has 0 aromatic heterocycles. The Balaban J connectivity index is 2.40. The number of oxime groups is 1. The van der Waals surface area contributed by atoms with Crippen molar-refractivity contribution in [2.75, 3.05) is 14.2 Å². The molecule has 2 aromatic carbocycles. The Hall–Kier alpha value is -2.82. The molecular weight excluding hydrogens is 268 g/mol. The third kappa shape index (κ3) is 3.60. The monoisotopic (exact) mass is 284 g/mol. The lowest BCUT2D eigenvalue weighted by molar-refractivity contribution is 0.213. The average molecular weight is 284 g/mol. The van der Waals surface area contributed by atoms with Crippen molar-refractivity contribution >= 4 is 11.6 Å². The number of nitrogens with zero attached hydrogens (tertiary/aromatic N) is 1. The smallest absolute Gasteiger partial charge is 0.236 e. The Bertz CT molecular complexity index is 639. The Morgan fingerprint density at radius 3 is 2.29 bits per heavy atom. The minimum Gasteiger partial charge on any atom is -0.480 e. The second kappa shape index (κ2) is 7.09. The van der Waals surface area contributed by atoms with Gasteiger partial charge in [0.15, 0.2) is 5.71 Å². The van der Waals surface area contributed by atoms with Crippen molar-refractivity contribution in [3.63, 3.8) is 0 Å². The van der Waals surface area contributed by atoms with E-state index in [-0.39, 0.29) is 11.6 Å². The summed E-state index contributed by atoms with van der Waals surface area (Å²) in [7, 11) is 2.83. The summed E-state index contributed by atoms with van der Waals surface area (Å²) in [6, 6.07) is 16.7. The lowest BCUT2D eigenvalue weighted by atomic mass is 10.1. The molecule has 2 aromatic rings. The lowest BCUT2D eigenvalue weighted by Crippen LogP contribution is -2.17. The van der Waals surface area contributed by atoms with Crippen molar-refractivity contribution < 1.29 is 14.3 Å². The quantitative estimate of drug-likeness (QED) is 0.519. The van der Waals surface area contributed by atoms with Crippen LogP contribution in [0.25, 0.3) is 0 Å². The van der Waals surface area contributed by atoms with Gasteiger partial charge in [-0.05, 0) is 24.3 Å². The van der Waals surface area contributed by atoms with Crippen molar-refractivity contribution in [1.82, 2.24) is 0 Å². The van der Waals surface area contributed by atoms with Gasteiger partial charge in [-0.3, -0.25) is 5.41 Å². The molecule has 0 heterocycles. The van der Waals surface area contributed by atoms with E-state index in [9.17, 15) is 0 Å². The molecule has 0 saturated heterocycles. The maximum atomic E-state index is 7.82. The number of nitrogens with one attached hydrogen (secondary N) is 1. The fourth-order valence-corrected chi connectivity index (χ4v) is 1.77. The molecule has 5 nitrogen and oxygen atoms in total. The van der Waals surface area contributed by atoms with Gasteiger partial charge < -0.3 is 14.3 Å². The molecule has 108 valence electrons. The van der Waals surface area contributed by atoms with Crippen LogP contribution in [0.15, 0.2) is 59.8 Å². The molecule has 0 aliphatic heterocycles. The molecule has 2 rings (SSSR count). The second-order valence-corrected chi connectivity index (χ2v) is 4.07. The van der Waals surface area contributed by atoms with E-state index in [1.165, 1.54) is 14.2 Å². The molecule has 1 N–H and O–H groups in total. The number of benzene rings is 2. The van der Waals surface area contributed by atoms with Crippen molar-refractivity contribution in [3.05, 3.63) is 60.2 Å². The van der Waals surface area contributed by atoms with Crippen LogP contribution in [0.4, 0.5) is 0 Å². The lowest BCUT2D eigenvalue weighted by Gasteiger charge is -2.12. The highest BCUT2D eigenvalue weighted by Crippen LogP contribution is 2.26. The molecule has 0 atom stereocenters. The molecule has 0 saturated carbocycles. The van der Waals surface area contributed by atoms with E-state index in [2.05, 4.69) is 5.16 Å². The van der Waals surface area contributed by atoms with E-state index >= 15 is 0 Å². The van der Waals surface area contributed by atoms with E-state index in [1.54, 1.807) is 12.1 Å². The van der Waals surface area contributed by atoms with E-state index < -0.39 is 0 Å². The van der Waals surface area contributed by atoms with Gasteiger partial charge in [0.25, 0.3) is 0 Å². The standard InChI is InChI=1S/C16H16N2O3/c1-19-16(17)15(18-20-2)13-10-6-7-11-14(13)21-12-8-4-3-5-9-12/h3-11,17H,1-2H3/b17-16?,18-15-. The third-order valence-corrected chi connectivity index (χ3v) is 2.71. The molecule has 0 aliphatic rings. The molecule has 21 heavy (non-hydrogen) atoms. The van der Waals surface area contributed by atoms with Gasteiger partial charge in [-0.2, -0.15) is 0 Å². The maximum Gasteiger partial charge on any atom is 0.236 e. The summed E-state index contributed by atoms with van der Waals surface area (Å²) in [6.07, 6.45) is 0. The number of para-hydroxylation sites is 2. The van der Waals surface area contributed by atoms with Gasteiger partial charge in [0.2, 0.25) is 5.90 Å². The van der Waals surface area contributed by atoms with Crippen LogP contribution in [0.2, 0.25) is 0 Å². The van der Waals surface area contributed by atoms with Crippen molar-refractivity contribution in [2.45, 2.75) is 0 Å². The number of hydrogen-bond acceptors (Lipinski definition) is 5. The van der Waals surface area contributed by atoms with Crippen LogP contribution in [-0.2, 0) is 9.57 Å². The summed E-state index contributed by atoms with van der Waals surface area (Å²) in [6.45, 7) is 0. The predicted octanol–water partition coefficient (Wildman–Crippen LogP) is 3.45. The largest absolute Gasteiger partial charge is 0.480 e. The van der Waals surface area contributed by atoms with Crippen LogP contribution in [0.1, 0.15) is 5.56 Å². The van der Waals surface area contributed by atoms with Crippen molar-refractivity contribution in [2.24, 2.45) is 5.16 Å². The van der Waals surface area contributed by atoms with Gasteiger partial charge in [-0.15, -0.1) is 0 Å². The summed E-state index contributed by atoms with van der Waals surface area (Å²) in [5, 5.41) is 11.7. The average Bonchev–Trinajstić information content (AvgIpc) is 2.54. The van der Waals surface area contributed by atoms with Crippen LogP contribution >= 0.6 is 0 Å². The first-order valence-electron chi connectivity index (χ1n) is 6.32. The topological polar surface area (TPSA) is 63.9 Å². The Kier molecular flexibility index (Phi) is 4.93. The molecule has 5 heteroatoms. The van der Waals surface area contributed by atoms with Crippen LogP contribution in [-0.4, -0.2) is 25.8 Å². The van der Waals surface area contributed by atoms with E-state index in [0.29, 0.717) is 17.1 Å². The van der Waals surface area contributed by atoms with Gasteiger partial charge >= 0.3 is 0 Å². The van der Waals surface area contributed by atoms with Crippen LogP contribution < -0.4 is 4.74 Å². The number of ether oxygens (including phenoxy) is 2. The molecule has 0 spiro atoms. The van der Waals surface area contributed by atoms with Gasteiger partial charge in [0.1, 0.15) is 18.6 Å². The zero-order chi connectivity index (χ0) is 15.1. The normalized spacial score (nSPS) is 10.9. The summed E-state index contributed by atoms with van der Waals surface area (Å²) < 4.78 is 10.8. The van der Waals surface area contributed by atoms with Crippen LogP contribution in [0.5, 0.6) is 11.5 Å². The fraction of sp³-hybridized carbons (Fsp3) is 0.125. The molecule has 0 radical (unpaired) electrons. The van der Waals surface area contributed by atoms with Gasteiger partial charge in [-0.25, -0.2) is 0 Å². The Morgan fingerprint density at radius 1 is 0.952 bits per heavy atom. The first kappa shape index (κ1) is 14.6. The van der Waals surface area contributed by atoms with Gasteiger partial charge in [0, 0.05) is 0 Å². The SMILES string of the molecule is CO/N=C(\C(=N)OC)c1ccccc1Oc1ccccc1. The van der Waals surface area contributed by atoms with Gasteiger partial charge in [-0.1, -0.05) is 35.5 Å². The molecular formula is C16H16N2O3. The maximum absolute atomic E-state index is 7.82. The Morgan fingerprint density at radius 2 is 1.62 bits per heavy atom. The highest BCUT2D eigenvalue weighted by molar-refractivity contribution is 6.44.